The van der Waals surface area contributed by atoms with E-state index in [9.17, 15) is 9.18 Å². The van der Waals surface area contributed by atoms with Crippen LogP contribution >= 0.6 is 0 Å². The molecule has 0 N–H and O–H groups in total. The number of nitrogens with zero attached hydrogens (tertiary/aromatic N) is 5. The third-order valence-corrected chi connectivity index (χ3v) is 3.88. The molecule has 3 heterocycles. The zero-order valence-corrected chi connectivity index (χ0v) is 13.6. The molecule has 3 rings (SSSR count). The molecule has 1 unspecified atom stereocenters. The fraction of sp³-hybridized carbons (Fsp3) is 0.438. The van der Waals surface area contributed by atoms with E-state index in [2.05, 4.69) is 19.9 Å². The highest BCUT2D eigenvalue weighted by atomic mass is 19.1. The monoisotopic (exact) mass is 331 g/mol. The summed E-state index contributed by atoms with van der Waals surface area (Å²) in [4.78, 5) is 29.9. The maximum absolute atomic E-state index is 14.1. The number of carbonyl (C=O) groups excluding carboxylic acids is 1. The van der Waals surface area contributed by atoms with Crippen molar-refractivity contribution >= 4 is 5.91 Å². The van der Waals surface area contributed by atoms with Gasteiger partial charge in [0.05, 0.1) is 24.1 Å². The van der Waals surface area contributed by atoms with Crippen LogP contribution in [-0.2, 0) is 6.42 Å². The summed E-state index contributed by atoms with van der Waals surface area (Å²) in [5.41, 5.74) is 1.36. The first-order valence-corrected chi connectivity index (χ1v) is 7.82. The van der Waals surface area contributed by atoms with Crippen LogP contribution in [0.15, 0.2) is 18.7 Å². The van der Waals surface area contributed by atoms with Crippen molar-refractivity contribution in [2.24, 2.45) is 0 Å². The van der Waals surface area contributed by atoms with E-state index in [0.29, 0.717) is 37.3 Å². The summed E-state index contributed by atoms with van der Waals surface area (Å²) < 4.78 is 19.8. The molecule has 1 amide bonds. The Hall–Kier alpha value is -2.64. The lowest BCUT2D eigenvalue weighted by molar-refractivity contribution is 0.0763. The third kappa shape index (κ3) is 3.32. The molecular weight excluding hydrogens is 313 g/mol. The summed E-state index contributed by atoms with van der Waals surface area (Å²) in [6, 6.07) is 0. The minimum atomic E-state index is -0.533. The van der Waals surface area contributed by atoms with Crippen LogP contribution in [0.1, 0.15) is 35.2 Å². The van der Waals surface area contributed by atoms with E-state index in [1.54, 1.807) is 11.1 Å². The Morgan fingerprint density at radius 2 is 2.17 bits per heavy atom. The molecule has 2 aromatic heterocycles. The Morgan fingerprint density at radius 3 is 2.88 bits per heavy atom. The molecule has 0 aliphatic carbocycles. The van der Waals surface area contributed by atoms with Crippen LogP contribution in [0.2, 0.25) is 0 Å². The highest BCUT2D eigenvalue weighted by molar-refractivity contribution is 5.92. The fourth-order valence-electron chi connectivity index (χ4n) is 2.55. The normalized spacial score (nSPS) is 17.1. The maximum Gasteiger partial charge on any atom is 0.274 e. The molecular formula is C16H18FN5O2. The predicted octanol–water partition coefficient (Wildman–Crippen LogP) is 1.57. The summed E-state index contributed by atoms with van der Waals surface area (Å²) in [5, 5.41) is 0. The van der Waals surface area contributed by atoms with Gasteiger partial charge in [-0.25, -0.2) is 9.97 Å². The van der Waals surface area contributed by atoms with Gasteiger partial charge in [-0.2, -0.15) is 9.37 Å². The van der Waals surface area contributed by atoms with Crippen molar-refractivity contribution in [3.8, 4) is 5.88 Å². The molecule has 8 heteroatoms. The first kappa shape index (κ1) is 16.2. The van der Waals surface area contributed by atoms with Gasteiger partial charge in [0.15, 0.2) is 0 Å². The number of hydrogen-bond donors (Lipinski definition) is 0. The molecule has 1 aliphatic rings. The second kappa shape index (κ2) is 6.86. The summed E-state index contributed by atoms with van der Waals surface area (Å²) in [7, 11) is 0. The largest absolute Gasteiger partial charge is 0.470 e. The number of amides is 1. The van der Waals surface area contributed by atoms with Crippen LogP contribution in [0, 0.1) is 12.7 Å². The Morgan fingerprint density at radius 1 is 1.33 bits per heavy atom. The van der Waals surface area contributed by atoms with Gasteiger partial charge in [0.2, 0.25) is 5.82 Å². The van der Waals surface area contributed by atoms with E-state index in [0.717, 1.165) is 5.69 Å². The number of rotatable bonds is 4. The number of likely N-dealkylation sites (tertiary alicyclic amines) is 1. The highest BCUT2D eigenvalue weighted by Gasteiger charge is 2.30. The summed E-state index contributed by atoms with van der Waals surface area (Å²) >= 11 is 0. The average Bonchev–Trinajstić information content (AvgIpc) is 3.05. The van der Waals surface area contributed by atoms with E-state index in [1.807, 2.05) is 13.8 Å². The van der Waals surface area contributed by atoms with Crippen molar-refractivity contribution < 1.29 is 13.9 Å². The van der Waals surface area contributed by atoms with Gasteiger partial charge < -0.3 is 9.64 Å². The minimum absolute atomic E-state index is 0.0590. The quantitative estimate of drug-likeness (QED) is 0.846. The maximum atomic E-state index is 14.1. The van der Waals surface area contributed by atoms with Crippen LogP contribution in [0.5, 0.6) is 5.88 Å². The molecule has 0 radical (unpaired) electrons. The van der Waals surface area contributed by atoms with E-state index in [-0.39, 0.29) is 17.9 Å². The lowest BCUT2D eigenvalue weighted by atomic mass is 10.3. The molecule has 2 aromatic rings. The van der Waals surface area contributed by atoms with Crippen molar-refractivity contribution in [3.05, 3.63) is 41.6 Å². The first-order chi connectivity index (χ1) is 11.6. The first-order valence-electron chi connectivity index (χ1n) is 7.82. The average molecular weight is 331 g/mol. The van der Waals surface area contributed by atoms with Crippen molar-refractivity contribution in [2.75, 3.05) is 13.1 Å². The van der Waals surface area contributed by atoms with Gasteiger partial charge in [-0.05, 0) is 13.3 Å². The van der Waals surface area contributed by atoms with E-state index >= 15 is 0 Å². The second-order valence-corrected chi connectivity index (χ2v) is 5.62. The summed E-state index contributed by atoms with van der Waals surface area (Å²) in [6.07, 6.45) is 5.07. The highest BCUT2D eigenvalue weighted by Crippen LogP contribution is 2.21. The van der Waals surface area contributed by atoms with Gasteiger partial charge in [0.1, 0.15) is 18.1 Å². The molecule has 24 heavy (non-hydrogen) atoms. The van der Waals surface area contributed by atoms with Crippen LogP contribution < -0.4 is 4.74 Å². The molecule has 126 valence electrons. The number of carbonyl (C=O) groups is 1. The number of aromatic nitrogens is 4. The number of aryl methyl sites for hydroxylation is 2. The zero-order valence-electron chi connectivity index (χ0n) is 13.6. The van der Waals surface area contributed by atoms with Crippen molar-refractivity contribution in [1.82, 2.24) is 24.8 Å². The Labute approximate surface area is 138 Å². The molecule has 0 aromatic carbocycles. The fourth-order valence-corrected chi connectivity index (χ4v) is 2.55. The molecule has 7 nitrogen and oxygen atoms in total. The summed E-state index contributed by atoms with van der Waals surface area (Å²) in [6.45, 7) is 4.50. The Balaban J connectivity index is 1.65. The summed E-state index contributed by atoms with van der Waals surface area (Å²) in [5.74, 6) is -0.795. The Kier molecular flexibility index (Phi) is 4.64. The predicted molar refractivity (Wildman–Crippen MR) is 83.1 cm³/mol. The van der Waals surface area contributed by atoms with E-state index in [4.69, 9.17) is 4.74 Å². The van der Waals surface area contributed by atoms with E-state index in [1.165, 1.54) is 12.5 Å². The van der Waals surface area contributed by atoms with Gasteiger partial charge in [-0.1, -0.05) is 6.92 Å². The molecule has 1 fully saturated rings. The molecule has 0 saturated carbocycles. The van der Waals surface area contributed by atoms with Gasteiger partial charge in [-0.15, -0.1) is 0 Å². The van der Waals surface area contributed by atoms with Gasteiger partial charge >= 0.3 is 0 Å². The van der Waals surface area contributed by atoms with Crippen molar-refractivity contribution in [3.63, 3.8) is 0 Å². The number of ether oxygens (including phenoxy) is 1. The van der Waals surface area contributed by atoms with Crippen LogP contribution in [-0.4, -0.2) is 49.9 Å². The lowest BCUT2D eigenvalue weighted by Gasteiger charge is -2.16. The standard InChI is InChI=1S/C16H18FN5O2/c1-3-12-14(17)15(21-9-20-12)24-11-4-5-22(8-11)16(23)13-7-18-10(2)6-19-13/h6-7,9,11H,3-5,8H2,1-2H3. The smallest absolute Gasteiger partial charge is 0.274 e. The molecule has 0 spiro atoms. The van der Waals surface area contributed by atoms with Crippen molar-refractivity contribution in [1.29, 1.82) is 0 Å². The molecule has 1 saturated heterocycles. The zero-order chi connectivity index (χ0) is 17.1. The van der Waals surface area contributed by atoms with Crippen molar-refractivity contribution in [2.45, 2.75) is 32.8 Å². The second-order valence-electron chi connectivity index (χ2n) is 5.62. The van der Waals surface area contributed by atoms with Gasteiger partial charge in [0, 0.05) is 19.2 Å². The van der Waals surface area contributed by atoms with Crippen LogP contribution in [0.3, 0.4) is 0 Å². The molecule has 1 atom stereocenters. The third-order valence-electron chi connectivity index (χ3n) is 3.88. The van der Waals surface area contributed by atoms with Crippen LogP contribution in [0.25, 0.3) is 0 Å². The topological polar surface area (TPSA) is 81.1 Å². The van der Waals surface area contributed by atoms with Crippen LogP contribution in [0.4, 0.5) is 4.39 Å². The minimum Gasteiger partial charge on any atom is -0.470 e. The number of hydrogen-bond acceptors (Lipinski definition) is 6. The Bertz CT molecular complexity index is 738. The lowest BCUT2D eigenvalue weighted by Crippen LogP contribution is -2.31. The SMILES string of the molecule is CCc1ncnc(OC2CCN(C(=O)c3cnc(C)cn3)C2)c1F. The molecule has 0 bridgehead atoms. The van der Waals surface area contributed by atoms with Gasteiger partial charge in [-0.3, -0.25) is 9.78 Å². The molecule has 1 aliphatic heterocycles. The van der Waals surface area contributed by atoms with E-state index < -0.39 is 5.82 Å². The number of halogens is 1. The van der Waals surface area contributed by atoms with Gasteiger partial charge in [0.25, 0.3) is 11.8 Å².